The SMILES string of the molecule is CCC(C)C(=O)CC1(CN)CCC1. The highest BCUT2D eigenvalue weighted by Crippen LogP contribution is 2.43. The van der Waals surface area contributed by atoms with Crippen molar-refractivity contribution in [2.75, 3.05) is 6.54 Å². The standard InChI is InChI=1S/C11H21NO/c1-3-9(2)10(13)7-11(8-12)5-4-6-11/h9H,3-8,12H2,1-2H3. The van der Waals surface area contributed by atoms with Crippen LogP contribution >= 0.6 is 0 Å². The Bertz CT molecular complexity index is 179. The lowest BCUT2D eigenvalue weighted by molar-refractivity contribution is -0.126. The molecule has 76 valence electrons. The van der Waals surface area contributed by atoms with Gasteiger partial charge in [-0.05, 0) is 31.2 Å². The number of Topliss-reactive ketones (excluding diaryl/α,β-unsaturated/α-hetero) is 1. The molecule has 0 aromatic carbocycles. The summed E-state index contributed by atoms with van der Waals surface area (Å²) in [5.74, 6) is 0.636. The van der Waals surface area contributed by atoms with Gasteiger partial charge in [-0.1, -0.05) is 20.3 Å². The van der Waals surface area contributed by atoms with E-state index < -0.39 is 0 Å². The molecule has 2 N–H and O–H groups in total. The number of hydrogen-bond donors (Lipinski definition) is 1. The van der Waals surface area contributed by atoms with Crippen molar-refractivity contribution >= 4 is 5.78 Å². The molecule has 1 aliphatic rings. The molecule has 0 aliphatic heterocycles. The van der Waals surface area contributed by atoms with Gasteiger partial charge in [-0.3, -0.25) is 4.79 Å². The van der Waals surface area contributed by atoms with Gasteiger partial charge in [0.15, 0.2) is 0 Å². The summed E-state index contributed by atoms with van der Waals surface area (Å²) >= 11 is 0. The van der Waals surface area contributed by atoms with E-state index >= 15 is 0 Å². The van der Waals surface area contributed by atoms with Gasteiger partial charge in [-0.15, -0.1) is 0 Å². The van der Waals surface area contributed by atoms with Gasteiger partial charge in [-0.2, -0.15) is 0 Å². The summed E-state index contributed by atoms with van der Waals surface area (Å²) < 4.78 is 0. The number of hydrogen-bond acceptors (Lipinski definition) is 2. The number of carbonyl (C=O) groups excluding carboxylic acids is 1. The van der Waals surface area contributed by atoms with Crippen LogP contribution in [0, 0.1) is 11.3 Å². The molecule has 0 aromatic rings. The quantitative estimate of drug-likeness (QED) is 0.709. The average Bonchev–Trinajstić information content (AvgIpc) is 2.09. The van der Waals surface area contributed by atoms with E-state index in [4.69, 9.17) is 5.73 Å². The molecule has 1 atom stereocenters. The maximum Gasteiger partial charge on any atom is 0.136 e. The van der Waals surface area contributed by atoms with Crippen molar-refractivity contribution in [1.82, 2.24) is 0 Å². The van der Waals surface area contributed by atoms with Gasteiger partial charge in [-0.25, -0.2) is 0 Å². The van der Waals surface area contributed by atoms with Crippen molar-refractivity contribution in [2.24, 2.45) is 17.1 Å². The Morgan fingerprint density at radius 3 is 2.46 bits per heavy atom. The van der Waals surface area contributed by atoms with Gasteiger partial charge in [0, 0.05) is 12.3 Å². The van der Waals surface area contributed by atoms with Gasteiger partial charge in [0.25, 0.3) is 0 Å². The molecule has 0 amide bonds. The van der Waals surface area contributed by atoms with Crippen molar-refractivity contribution in [3.63, 3.8) is 0 Å². The first-order valence-corrected chi connectivity index (χ1v) is 5.36. The molecule has 0 heterocycles. The van der Waals surface area contributed by atoms with E-state index in [9.17, 15) is 4.79 Å². The molecule has 0 saturated heterocycles. The van der Waals surface area contributed by atoms with E-state index in [0.29, 0.717) is 12.3 Å². The van der Waals surface area contributed by atoms with Crippen molar-refractivity contribution in [1.29, 1.82) is 0 Å². The van der Waals surface area contributed by atoms with E-state index in [2.05, 4.69) is 6.92 Å². The van der Waals surface area contributed by atoms with Crippen LogP contribution in [0.2, 0.25) is 0 Å². The second-order valence-corrected chi connectivity index (χ2v) is 4.51. The lowest BCUT2D eigenvalue weighted by Crippen LogP contribution is -2.40. The lowest BCUT2D eigenvalue weighted by atomic mass is 9.65. The van der Waals surface area contributed by atoms with Gasteiger partial charge >= 0.3 is 0 Å². The average molecular weight is 183 g/mol. The highest BCUT2D eigenvalue weighted by Gasteiger charge is 2.37. The molecule has 1 unspecified atom stereocenters. The Morgan fingerprint density at radius 2 is 2.15 bits per heavy atom. The van der Waals surface area contributed by atoms with Crippen LogP contribution in [0.4, 0.5) is 0 Å². The van der Waals surface area contributed by atoms with E-state index in [0.717, 1.165) is 25.7 Å². The number of ketones is 1. The highest BCUT2D eigenvalue weighted by molar-refractivity contribution is 5.81. The minimum Gasteiger partial charge on any atom is -0.330 e. The molecule has 13 heavy (non-hydrogen) atoms. The second kappa shape index (κ2) is 4.23. The third kappa shape index (κ3) is 2.31. The molecule has 2 nitrogen and oxygen atoms in total. The van der Waals surface area contributed by atoms with Gasteiger partial charge < -0.3 is 5.73 Å². The van der Waals surface area contributed by atoms with Gasteiger partial charge in [0.1, 0.15) is 5.78 Å². The monoisotopic (exact) mass is 183 g/mol. The zero-order valence-corrected chi connectivity index (χ0v) is 8.81. The van der Waals surface area contributed by atoms with Gasteiger partial charge in [0.2, 0.25) is 0 Å². The summed E-state index contributed by atoms with van der Waals surface area (Å²) in [5.41, 5.74) is 5.90. The van der Waals surface area contributed by atoms with Crippen LogP contribution in [-0.4, -0.2) is 12.3 Å². The van der Waals surface area contributed by atoms with Crippen molar-refractivity contribution in [3.8, 4) is 0 Å². The fourth-order valence-electron chi connectivity index (χ4n) is 1.90. The van der Waals surface area contributed by atoms with Crippen LogP contribution in [0.1, 0.15) is 46.0 Å². The summed E-state index contributed by atoms with van der Waals surface area (Å²) in [6.07, 6.45) is 5.25. The molecule has 0 aromatic heterocycles. The van der Waals surface area contributed by atoms with Crippen LogP contribution in [0.15, 0.2) is 0 Å². The normalized spacial score (nSPS) is 22.1. The van der Waals surface area contributed by atoms with E-state index in [-0.39, 0.29) is 11.3 Å². The third-order valence-electron chi connectivity index (χ3n) is 3.56. The first kappa shape index (κ1) is 10.7. The van der Waals surface area contributed by atoms with Crippen LogP contribution in [-0.2, 0) is 4.79 Å². The van der Waals surface area contributed by atoms with E-state index in [1.807, 2.05) is 6.92 Å². The Hall–Kier alpha value is -0.370. The molecular formula is C11H21NO. The minimum atomic E-state index is 0.195. The van der Waals surface area contributed by atoms with Crippen LogP contribution in [0.25, 0.3) is 0 Å². The summed E-state index contributed by atoms with van der Waals surface area (Å²) in [4.78, 5) is 11.7. The molecule has 1 saturated carbocycles. The highest BCUT2D eigenvalue weighted by atomic mass is 16.1. The molecule has 1 aliphatic carbocycles. The lowest BCUT2D eigenvalue weighted by Gasteiger charge is -2.41. The largest absolute Gasteiger partial charge is 0.330 e. The predicted octanol–water partition coefficient (Wildman–Crippen LogP) is 2.12. The fraction of sp³-hybridized carbons (Fsp3) is 0.909. The summed E-state index contributed by atoms with van der Waals surface area (Å²) in [6, 6.07) is 0. The minimum absolute atomic E-state index is 0.195. The first-order chi connectivity index (χ1) is 6.13. The summed E-state index contributed by atoms with van der Waals surface area (Å²) in [5, 5.41) is 0. The predicted molar refractivity (Wildman–Crippen MR) is 54.4 cm³/mol. The Labute approximate surface area is 80.9 Å². The first-order valence-electron chi connectivity index (χ1n) is 5.36. The Balaban J connectivity index is 2.42. The topological polar surface area (TPSA) is 43.1 Å². The summed E-state index contributed by atoms with van der Waals surface area (Å²) in [6.45, 7) is 4.78. The number of rotatable bonds is 5. The molecule has 0 radical (unpaired) electrons. The van der Waals surface area contributed by atoms with Gasteiger partial charge in [0.05, 0.1) is 0 Å². The molecular weight excluding hydrogens is 162 g/mol. The Kier molecular flexibility index (Phi) is 3.48. The van der Waals surface area contributed by atoms with Crippen LogP contribution < -0.4 is 5.73 Å². The number of carbonyl (C=O) groups is 1. The van der Waals surface area contributed by atoms with E-state index in [1.54, 1.807) is 0 Å². The van der Waals surface area contributed by atoms with E-state index in [1.165, 1.54) is 6.42 Å². The molecule has 1 fully saturated rings. The molecule has 0 spiro atoms. The zero-order valence-electron chi connectivity index (χ0n) is 8.81. The smallest absolute Gasteiger partial charge is 0.136 e. The number of nitrogens with two attached hydrogens (primary N) is 1. The molecule has 0 bridgehead atoms. The maximum atomic E-state index is 11.7. The third-order valence-corrected chi connectivity index (χ3v) is 3.56. The summed E-state index contributed by atoms with van der Waals surface area (Å²) in [7, 11) is 0. The molecule has 1 rings (SSSR count). The molecule has 2 heteroatoms. The van der Waals surface area contributed by atoms with Crippen molar-refractivity contribution in [3.05, 3.63) is 0 Å². The maximum absolute atomic E-state index is 11.7. The fourth-order valence-corrected chi connectivity index (χ4v) is 1.90. The second-order valence-electron chi connectivity index (χ2n) is 4.51. The Morgan fingerprint density at radius 1 is 1.54 bits per heavy atom. The van der Waals surface area contributed by atoms with Crippen LogP contribution in [0.5, 0.6) is 0 Å². The zero-order chi connectivity index (χ0) is 9.90. The van der Waals surface area contributed by atoms with Crippen molar-refractivity contribution < 1.29 is 4.79 Å². The van der Waals surface area contributed by atoms with Crippen LogP contribution in [0.3, 0.4) is 0 Å². The van der Waals surface area contributed by atoms with Crippen molar-refractivity contribution in [2.45, 2.75) is 46.0 Å².